The van der Waals surface area contributed by atoms with Gasteiger partial charge in [-0.1, -0.05) is 43.7 Å². The first-order valence-electron chi connectivity index (χ1n) is 7.00. The molecular formula is C17H21Cl2Zr. The van der Waals surface area contributed by atoms with Crippen molar-refractivity contribution in [2.75, 3.05) is 0 Å². The van der Waals surface area contributed by atoms with Crippen molar-refractivity contribution < 1.29 is 51.0 Å². The van der Waals surface area contributed by atoms with E-state index in [9.17, 15) is 0 Å². The fourth-order valence-electron chi connectivity index (χ4n) is 3.32. The van der Waals surface area contributed by atoms with E-state index in [1.165, 1.54) is 42.9 Å². The van der Waals surface area contributed by atoms with Gasteiger partial charge in [-0.25, -0.2) is 0 Å². The Hall–Kier alpha value is 0.293. The van der Waals surface area contributed by atoms with Gasteiger partial charge >= 0.3 is 26.2 Å². The van der Waals surface area contributed by atoms with Gasteiger partial charge in [0.25, 0.3) is 0 Å². The van der Waals surface area contributed by atoms with Crippen molar-refractivity contribution in [3.05, 3.63) is 41.0 Å². The first-order chi connectivity index (χ1) is 8.29. The normalized spacial score (nSPS) is 13.9. The predicted molar refractivity (Wildman–Crippen MR) is 74.9 cm³/mol. The largest absolute Gasteiger partial charge is 3.00 e. The molecule has 0 saturated heterocycles. The summed E-state index contributed by atoms with van der Waals surface area (Å²) >= 11 is 0. The molecule has 0 spiro atoms. The van der Waals surface area contributed by atoms with Crippen LogP contribution in [-0.4, -0.2) is 0 Å². The van der Waals surface area contributed by atoms with Crippen LogP contribution in [0.4, 0.5) is 0 Å². The average Bonchev–Trinajstić information content (AvgIpc) is 2.91. The zero-order chi connectivity index (χ0) is 11.8. The molecule has 1 aliphatic carbocycles. The Morgan fingerprint density at radius 3 is 2.45 bits per heavy atom. The molecule has 1 unspecified atom stereocenters. The molecule has 0 heterocycles. The van der Waals surface area contributed by atoms with Crippen LogP contribution in [0.25, 0.3) is 10.8 Å². The first kappa shape index (κ1) is 20.3. The molecule has 3 rings (SSSR count). The van der Waals surface area contributed by atoms with Crippen molar-refractivity contribution in [2.45, 2.75) is 51.9 Å². The van der Waals surface area contributed by atoms with E-state index in [-0.39, 0.29) is 51.0 Å². The molecule has 0 N–H and O–H groups in total. The Kier molecular flexibility index (Phi) is 8.79. The fraction of sp³-hybridized carbons (Fsp3) is 0.471. The SMILES string of the molecule is CCCC(C)c1c[cH-]c2cc3c(cc12)CCC3.[Cl-].[Cl-].[Zr+3]. The molecule has 107 valence electrons. The fourth-order valence-corrected chi connectivity index (χ4v) is 3.32. The summed E-state index contributed by atoms with van der Waals surface area (Å²) < 4.78 is 0. The minimum absolute atomic E-state index is 0. The minimum atomic E-state index is 0. The molecule has 20 heavy (non-hydrogen) atoms. The maximum atomic E-state index is 2.47. The molecule has 1 atom stereocenters. The summed E-state index contributed by atoms with van der Waals surface area (Å²) in [5.41, 5.74) is 4.77. The van der Waals surface area contributed by atoms with Gasteiger partial charge in [-0.2, -0.15) is 5.56 Å². The van der Waals surface area contributed by atoms with Crippen LogP contribution in [0.3, 0.4) is 0 Å². The zero-order valence-corrected chi connectivity index (χ0v) is 16.1. The topological polar surface area (TPSA) is 0 Å². The second-order valence-electron chi connectivity index (χ2n) is 5.54. The van der Waals surface area contributed by atoms with E-state index in [4.69, 9.17) is 0 Å². The van der Waals surface area contributed by atoms with E-state index >= 15 is 0 Å². The van der Waals surface area contributed by atoms with E-state index < -0.39 is 0 Å². The van der Waals surface area contributed by atoms with Crippen LogP contribution in [0.1, 0.15) is 55.7 Å². The van der Waals surface area contributed by atoms with E-state index in [1.807, 2.05) is 0 Å². The van der Waals surface area contributed by atoms with Gasteiger partial charge in [0.05, 0.1) is 0 Å². The minimum Gasteiger partial charge on any atom is -1.00 e. The quantitative estimate of drug-likeness (QED) is 0.590. The Morgan fingerprint density at radius 1 is 1.15 bits per heavy atom. The standard InChI is InChI=1S/C17H21.2ClH.Zr/c1-3-5-12(2)16-9-8-15-10-13-6-4-7-14(13)11-17(15)16;;;/h8-12H,3-7H2,1-2H3;2*1H;/q-1;;;+3/p-2. The van der Waals surface area contributed by atoms with E-state index in [2.05, 4.69) is 38.1 Å². The zero-order valence-electron chi connectivity index (χ0n) is 12.2. The average molecular weight is 387 g/mol. The summed E-state index contributed by atoms with van der Waals surface area (Å²) in [6, 6.07) is 9.56. The summed E-state index contributed by atoms with van der Waals surface area (Å²) in [7, 11) is 0. The van der Waals surface area contributed by atoms with Gasteiger partial charge in [-0.3, -0.25) is 0 Å². The van der Waals surface area contributed by atoms with Crippen molar-refractivity contribution in [2.24, 2.45) is 0 Å². The number of hydrogen-bond acceptors (Lipinski definition) is 0. The summed E-state index contributed by atoms with van der Waals surface area (Å²) in [5, 5.41) is 2.98. The molecule has 1 aliphatic rings. The van der Waals surface area contributed by atoms with Gasteiger partial charge in [-0.15, -0.1) is 35.0 Å². The van der Waals surface area contributed by atoms with E-state index in [1.54, 1.807) is 16.7 Å². The van der Waals surface area contributed by atoms with Crippen molar-refractivity contribution in [1.29, 1.82) is 0 Å². The third-order valence-electron chi connectivity index (χ3n) is 4.27. The van der Waals surface area contributed by atoms with Crippen LogP contribution < -0.4 is 24.8 Å². The molecule has 2 aromatic carbocycles. The third kappa shape index (κ3) is 3.73. The Bertz CT molecular complexity index is 545. The van der Waals surface area contributed by atoms with Crippen LogP contribution in [0.5, 0.6) is 0 Å². The summed E-state index contributed by atoms with van der Waals surface area (Å²) in [6.45, 7) is 4.64. The molecule has 1 radical (unpaired) electrons. The third-order valence-corrected chi connectivity index (χ3v) is 4.27. The molecule has 0 aliphatic heterocycles. The second kappa shape index (κ2) is 8.67. The molecule has 0 saturated carbocycles. The van der Waals surface area contributed by atoms with Crippen LogP contribution in [0, 0.1) is 0 Å². The number of rotatable bonds is 3. The first-order valence-corrected chi connectivity index (χ1v) is 7.00. The molecule has 0 bridgehead atoms. The maximum absolute atomic E-state index is 2.47. The Balaban J connectivity index is 0.00000120. The molecule has 0 nitrogen and oxygen atoms in total. The van der Waals surface area contributed by atoms with Gasteiger partial charge < -0.3 is 24.8 Å². The summed E-state index contributed by atoms with van der Waals surface area (Å²) in [4.78, 5) is 0. The van der Waals surface area contributed by atoms with Crippen LogP contribution in [0.15, 0.2) is 24.3 Å². The van der Waals surface area contributed by atoms with Crippen molar-refractivity contribution in [1.82, 2.24) is 0 Å². The number of halogens is 2. The van der Waals surface area contributed by atoms with Gasteiger partial charge in [0.1, 0.15) is 0 Å². The molecular weight excluding hydrogens is 366 g/mol. The van der Waals surface area contributed by atoms with E-state index in [0.29, 0.717) is 5.92 Å². The van der Waals surface area contributed by atoms with Crippen LogP contribution in [-0.2, 0) is 39.0 Å². The Morgan fingerprint density at radius 2 is 1.80 bits per heavy atom. The van der Waals surface area contributed by atoms with Gasteiger partial charge in [0, 0.05) is 0 Å². The Labute approximate surface area is 154 Å². The van der Waals surface area contributed by atoms with Crippen molar-refractivity contribution >= 4 is 10.8 Å². The van der Waals surface area contributed by atoms with Gasteiger partial charge in [-0.05, 0) is 19.3 Å². The molecule has 0 aromatic heterocycles. The number of aryl methyl sites for hydroxylation is 2. The smallest absolute Gasteiger partial charge is 1.00 e. The molecule has 3 heteroatoms. The summed E-state index contributed by atoms with van der Waals surface area (Å²) in [6.07, 6.45) is 6.51. The number of benzene rings is 1. The van der Waals surface area contributed by atoms with Crippen LogP contribution >= 0.6 is 0 Å². The molecule has 0 fully saturated rings. The number of hydrogen-bond donors (Lipinski definition) is 0. The second-order valence-corrected chi connectivity index (χ2v) is 5.54. The monoisotopic (exact) mass is 385 g/mol. The van der Waals surface area contributed by atoms with Crippen molar-refractivity contribution in [3.8, 4) is 0 Å². The molecule has 0 amide bonds. The van der Waals surface area contributed by atoms with Crippen molar-refractivity contribution in [3.63, 3.8) is 0 Å². The van der Waals surface area contributed by atoms with Crippen LogP contribution in [0.2, 0.25) is 0 Å². The van der Waals surface area contributed by atoms with Gasteiger partial charge in [0.15, 0.2) is 0 Å². The number of fused-ring (bicyclic) bond motifs is 2. The summed E-state index contributed by atoms with van der Waals surface area (Å²) in [5.74, 6) is 0.706. The van der Waals surface area contributed by atoms with Gasteiger partial charge in [0.2, 0.25) is 0 Å². The molecule has 2 aromatic rings. The van der Waals surface area contributed by atoms with E-state index in [0.717, 1.165) is 0 Å². The maximum Gasteiger partial charge on any atom is 3.00 e. The predicted octanol–water partition coefficient (Wildman–Crippen LogP) is -1.04.